The van der Waals surface area contributed by atoms with Gasteiger partial charge in [0, 0.05) is 17.8 Å². The third-order valence-corrected chi connectivity index (χ3v) is 5.06. The Morgan fingerprint density at radius 2 is 1.55 bits per heavy atom. The highest BCUT2D eigenvalue weighted by Gasteiger charge is 2.16. The lowest BCUT2D eigenvalue weighted by atomic mass is 10.1. The van der Waals surface area contributed by atoms with Crippen LogP contribution in [0, 0.1) is 13.8 Å². The van der Waals surface area contributed by atoms with Gasteiger partial charge in [-0.1, -0.05) is 35.9 Å². The largest absolute Gasteiger partial charge is 0.495 e. The van der Waals surface area contributed by atoms with Crippen molar-refractivity contribution >= 4 is 34.6 Å². The van der Waals surface area contributed by atoms with Crippen molar-refractivity contribution in [2.75, 3.05) is 24.9 Å². The summed E-state index contributed by atoms with van der Waals surface area (Å²) in [4.78, 5) is 13.0. The van der Waals surface area contributed by atoms with E-state index in [1.807, 2.05) is 37.3 Å². The summed E-state index contributed by atoms with van der Waals surface area (Å²) in [7, 11) is 3.03. The van der Waals surface area contributed by atoms with Gasteiger partial charge < -0.3 is 20.1 Å². The molecule has 150 valence electrons. The SMILES string of the molecule is COc1cc(NC(=O)c2ccccc2Nc2cccc(C)c2C)c(OC)cc1Cl. The van der Waals surface area contributed by atoms with E-state index in [0.29, 0.717) is 33.5 Å². The smallest absolute Gasteiger partial charge is 0.257 e. The standard InChI is InChI=1S/C23H23ClN2O3/c1-14-8-7-11-18(15(14)2)25-19-10-6-5-9-16(19)23(27)26-20-13-21(28-3)17(24)12-22(20)29-4/h5-13,25H,1-4H3,(H,26,27). The predicted octanol–water partition coefficient (Wildman–Crippen LogP) is 5.97. The lowest BCUT2D eigenvalue weighted by Gasteiger charge is -2.16. The molecule has 0 saturated heterocycles. The van der Waals surface area contributed by atoms with Gasteiger partial charge in [0.25, 0.3) is 5.91 Å². The van der Waals surface area contributed by atoms with Crippen molar-refractivity contribution in [2.24, 2.45) is 0 Å². The van der Waals surface area contributed by atoms with Crippen LogP contribution < -0.4 is 20.1 Å². The Morgan fingerprint density at radius 1 is 0.862 bits per heavy atom. The molecule has 0 atom stereocenters. The number of hydrogen-bond donors (Lipinski definition) is 2. The summed E-state index contributed by atoms with van der Waals surface area (Å²) in [6, 6.07) is 16.6. The molecule has 6 heteroatoms. The Labute approximate surface area is 175 Å². The number of anilines is 3. The van der Waals surface area contributed by atoms with Crippen LogP contribution in [0.1, 0.15) is 21.5 Å². The minimum Gasteiger partial charge on any atom is -0.495 e. The Balaban J connectivity index is 1.92. The van der Waals surface area contributed by atoms with Gasteiger partial charge in [0.15, 0.2) is 0 Å². The molecular formula is C23H23ClN2O3. The fourth-order valence-electron chi connectivity index (χ4n) is 2.97. The molecule has 0 bridgehead atoms. The molecule has 0 spiro atoms. The van der Waals surface area contributed by atoms with Crippen LogP contribution in [0.15, 0.2) is 54.6 Å². The average molecular weight is 411 g/mol. The summed E-state index contributed by atoms with van der Waals surface area (Å²) in [5, 5.41) is 6.66. The number of nitrogens with one attached hydrogen (secondary N) is 2. The Bertz CT molecular complexity index is 1050. The summed E-state index contributed by atoms with van der Waals surface area (Å²) >= 11 is 6.15. The van der Waals surface area contributed by atoms with Crippen LogP contribution in [-0.2, 0) is 0 Å². The zero-order valence-corrected chi connectivity index (χ0v) is 17.6. The minimum absolute atomic E-state index is 0.277. The van der Waals surface area contributed by atoms with Gasteiger partial charge >= 0.3 is 0 Å². The summed E-state index contributed by atoms with van der Waals surface area (Å²) in [5.74, 6) is 0.620. The first-order chi connectivity index (χ1) is 13.9. The number of amides is 1. The molecule has 1 amide bonds. The van der Waals surface area contributed by atoms with E-state index in [2.05, 4.69) is 23.6 Å². The van der Waals surface area contributed by atoms with Crippen LogP contribution in [0.3, 0.4) is 0 Å². The molecule has 3 aromatic carbocycles. The molecule has 0 saturated carbocycles. The number of hydrogen-bond acceptors (Lipinski definition) is 4. The van der Waals surface area contributed by atoms with E-state index in [9.17, 15) is 4.79 Å². The molecule has 0 aliphatic carbocycles. The van der Waals surface area contributed by atoms with Crippen LogP contribution in [0.5, 0.6) is 11.5 Å². The van der Waals surface area contributed by atoms with E-state index in [0.717, 1.165) is 11.3 Å². The van der Waals surface area contributed by atoms with Crippen LogP contribution in [0.2, 0.25) is 5.02 Å². The summed E-state index contributed by atoms with van der Waals surface area (Å²) in [6.45, 7) is 4.10. The van der Waals surface area contributed by atoms with Gasteiger partial charge in [-0.2, -0.15) is 0 Å². The fraction of sp³-hybridized carbons (Fsp3) is 0.174. The monoisotopic (exact) mass is 410 g/mol. The lowest BCUT2D eigenvalue weighted by Crippen LogP contribution is -2.15. The van der Waals surface area contributed by atoms with Crippen LogP contribution in [0.25, 0.3) is 0 Å². The van der Waals surface area contributed by atoms with Crippen molar-refractivity contribution in [3.05, 3.63) is 76.3 Å². The van der Waals surface area contributed by atoms with E-state index in [4.69, 9.17) is 21.1 Å². The van der Waals surface area contributed by atoms with Crippen LogP contribution in [-0.4, -0.2) is 20.1 Å². The van der Waals surface area contributed by atoms with Crippen molar-refractivity contribution < 1.29 is 14.3 Å². The number of halogens is 1. The minimum atomic E-state index is -0.277. The van der Waals surface area contributed by atoms with E-state index in [1.54, 1.807) is 18.2 Å². The van der Waals surface area contributed by atoms with Gasteiger partial charge in [0.2, 0.25) is 0 Å². The lowest BCUT2D eigenvalue weighted by molar-refractivity contribution is 0.102. The molecule has 3 rings (SSSR count). The molecule has 2 N–H and O–H groups in total. The first-order valence-electron chi connectivity index (χ1n) is 9.09. The van der Waals surface area contributed by atoms with Crippen LogP contribution >= 0.6 is 11.6 Å². The summed E-state index contributed by atoms with van der Waals surface area (Å²) in [5.41, 5.74) is 4.95. The molecular weight excluding hydrogens is 388 g/mol. The van der Waals surface area contributed by atoms with E-state index in [1.165, 1.54) is 19.8 Å². The maximum absolute atomic E-state index is 13.0. The fourth-order valence-corrected chi connectivity index (χ4v) is 3.20. The second kappa shape index (κ2) is 8.88. The van der Waals surface area contributed by atoms with E-state index in [-0.39, 0.29) is 5.91 Å². The highest BCUT2D eigenvalue weighted by atomic mass is 35.5. The van der Waals surface area contributed by atoms with Crippen molar-refractivity contribution in [1.29, 1.82) is 0 Å². The summed E-state index contributed by atoms with van der Waals surface area (Å²) in [6.07, 6.45) is 0. The number of benzene rings is 3. The molecule has 0 heterocycles. The molecule has 0 aliphatic rings. The number of para-hydroxylation sites is 1. The van der Waals surface area contributed by atoms with E-state index < -0.39 is 0 Å². The Hall–Kier alpha value is -3.18. The Morgan fingerprint density at radius 3 is 2.28 bits per heavy atom. The number of rotatable bonds is 6. The van der Waals surface area contributed by atoms with Gasteiger partial charge in [0.05, 0.1) is 36.2 Å². The van der Waals surface area contributed by atoms with Gasteiger partial charge in [-0.05, 0) is 43.2 Å². The first kappa shape index (κ1) is 20.6. The van der Waals surface area contributed by atoms with Crippen molar-refractivity contribution in [1.82, 2.24) is 0 Å². The number of methoxy groups -OCH3 is 2. The second-order valence-corrected chi connectivity index (χ2v) is 6.97. The average Bonchev–Trinajstić information content (AvgIpc) is 2.72. The normalized spacial score (nSPS) is 10.4. The number of aryl methyl sites for hydroxylation is 1. The summed E-state index contributed by atoms with van der Waals surface area (Å²) < 4.78 is 10.6. The quantitative estimate of drug-likeness (QED) is 0.525. The van der Waals surface area contributed by atoms with Gasteiger partial charge in [-0.3, -0.25) is 4.79 Å². The topological polar surface area (TPSA) is 59.6 Å². The highest BCUT2D eigenvalue weighted by Crippen LogP contribution is 2.36. The van der Waals surface area contributed by atoms with Gasteiger partial charge in [-0.25, -0.2) is 0 Å². The molecule has 0 radical (unpaired) electrons. The molecule has 29 heavy (non-hydrogen) atoms. The van der Waals surface area contributed by atoms with Crippen molar-refractivity contribution in [2.45, 2.75) is 13.8 Å². The molecule has 3 aromatic rings. The van der Waals surface area contributed by atoms with Gasteiger partial charge in [-0.15, -0.1) is 0 Å². The Kier molecular flexibility index (Phi) is 6.29. The molecule has 0 unspecified atom stereocenters. The maximum Gasteiger partial charge on any atom is 0.257 e. The second-order valence-electron chi connectivity index (χ2n) is 6.56. The maximum atomic E-state index is 13.0. The van der Waals surface area contributed by atoms with Crippen LogP contribution in [0.4, 0.5) is 17.1 Å². The third-order valence-electron chi connectivity index (χ3n) is 4.77. The van der Waals surface area contributed by atoms with Gasteiger partial charge in [0.1, 0.15) is 11.5 Å². The van der Waals surface area contributed by atoms with E-state index >= 15 is 0 Å². The number of carbonyl (C=O) groups is 1. The third kappa shape index (κ3) is 4.46. The predicted molar refractivity (Wildman–Crippen MR) is 118 cm³/mol. The first-order valence-corrected chi connectivity index (χ1v) is 9.47. The molecule has 5 nitrogen and oxygen atoms in total. The highest BCUT2D eigenvalue weighted by molar-refractivity contribution is 6.32. The molecule has 0 aromatic heterocycles. The zero-order chi connectivity index (χ0) is 21.0. The number of carbonyl (C=O) groups excluding carboxylic acids is 1. The number of ether oxygens (including phenoxy) is 2. The molecule has 0 aliphatic heterocycles. The zero-order valence-electron chi connectivity index (χ0n) is 16.8. The molecule has 0 fully saturated rings. The van der Waals surface area contributed by atoms with Crippen molar-refractivity contribution in [3.63, 3.8) is 0 Å². The van der Waals surface area contributed by atoms with Crippen molar-refractivity contribution in [3.8, 4) is 11.5 Å².